The fourth-order valence-electron chi connectivity index (χ4n) is 0.265. The summed E-state index contributed by atoms with van der Waals surface area (Å²) >= 11 is 4.94. The minimum Gasteiger partial charge on any atom is -0.333 e. The van der Waals surface area contributed by atoms with Crippen LogP contribution in [-0.2, 0) is 0 Å². The SMILES string of the molecule is C=C(C)CNC(=O)NCl. The van der Waals surface area contributed by atoms with Crippen molar-refractivity contribution in [2.45, 2.75) is 6.92 Å². The summed E-state index contributed by atoms with van der Waals surface area (Å²) in [4.78, 5) is 12.2. The Morgan fingerprint density at radius 3 is 2.67 bits per heavy atom. The first-order valence-corrected chi connectivity index (χ1v) is 2.83. The van der Waals surface area contributed by atoms with E-state index in [1.54, 1.807) is 0 Å². The van der Waals surface area contributed by atoms with Crippen LogP contribution in [0.15, 0.2) is 12.2 Å². The quantitative estimate of drug-likeness (QED) is 0.446. The van der Waals surface area contributed by atoms with Crippen LogP contribution in [0.2, 0.25) is 0 Å². The Morgan fingerprint density at radius 2 is 2.33 bits per heavy atom. The summed E-state index contributed by atoms with van der Waals surface area (Å²) in [5.41, 5.74) is 0.885. The molecule has 0 rings (SSSR count). The number of amides is 2. The van der Waals surface area contributed by atoms with E-state index in [1.807, 2.05) is 11.8 Å². The van der Waals surface area contributed by atoms with Gasteiger partial charge in [-0.3, -0.25) is 0 Å². The first kappa shape index (κ1) is 8.30. The molecule has 0 heterocycles. The van der Waals surface area contributed by atoms with Crippen molar-refractivity contribution in [1.82, 2.24) is 10.2 Å². The molecule has 0 unspecified atom stereocenters. The van der Waals surface area contributed by atoms with E-state index in [0.29, 0.717) is 6.54 Å². The van der Waals surface area contributed by atoms with Crippen LogP contribution in [0.4, 0.5) is 4.79 Å². The van der Waals surface area contributed by atoms with Crippen molar-refractivity contribution >= 4 is 17.8 Å². The van der Waals surface area contributed by atoms with Crippen molar-refractivity contribution in [2.75, 3.05) is 6.54 Å². The summed E-state index contributed by atoms with van der Waals surface area (Å²) < 4.78 is 0. The number of hydrogen-bond donors (Lipinski definition) is 2. The third-order valence-corrected chi connectivity index (χ3v) is 0.808. The summed E-state index contributed by atoms with van der Waals surface area (Å²) in [6, 6.07) is -0.403. The van der Waals surface area contributed by atoms with Crippen LogP contribution < -0.4 is 10.2 Å². The van der Waals surface area contributed by atoms with E-state index in [2.05, 4.69) is 11.9 Å². The second-order valence-electron chi connectivity index (χ2n) is 1.73. The lowest BCUT2D eigenvalue weighted by atomic mass is 10.3. The number of nitrogens with one attached hydrogen (secondary N) is 2. The maximum atomic E-state index is 10.3. The first-order chi connectivity index (χ1) is 4.16. The fourth-order valence-corrected chi connectivity index (χ4v) is 0.331. The second-order valence-corrected chi connectivity index (χ2v) is 1.92. The van der Waals surface area contributed by atoms with E-state index in [0.717, 1.165) is 5.57 Å². The fraction of sp³-hybridized carbons (Fsp3) is 0.400. The molecule has 0 aromatic carbocycles. The molecule has 9 heavy (non-hydrogen) atoms. The highest BCUT2D eigenvalue weighted by Gasteiger charge is 1.93. The lowest BCUT2D eigenvalue weighted by molar-refractivity contribution is 0.247. The number of rotatable bonds is 2. The van der Waals surface area contributed by atoms with Gasteiger partial charge in [-0.15, -0.1) is 0 Å². The Morgan fingerprint density at radius 1 is 1.78 bits per heavy atom. The molecule has 0 saturated carbocycles. The summed E-state index contributed by atoms with van der Waals surface area (Å²) in [6.07, 6.45) is 0. The van der Waals surface area contributed by atoms with Crippen molar-refractivity contribution in [3.8, 4) is 0 Å². The lowest BCUT2D eigenvalue weighted by Gasteiger charge is -1.99. The van der Waals surface area contributed by atoms with Crippen LogP contribution in [0.25, 0.3) is 0 Å². The topological polar surface area (TPSA) is 41.1 Å². The Labute approximate surface area is 59.2 Å². The van der Waals surface area contributed by atoms with Crippen molar-refractivity contribution in [2.24, 2.45) is 0 Å². The van der Waals surface area contributed by atoms with Gasteiger partial charge in [0.25, 0.3) is 0 Å². The van der Waals surface area contributed by atoms with E-state index in [-0.39, 0.29) is 0 Å². The van der Waals surface area contributed by atoms with Gasteiger partial charge in [0.05, 0.1) is 0 Å². The Hall–Kier alpha value is -0.700. The standard InChI is InChI=1S/C5H9ClN2O/c1-4(2)3-7-5(9)8-6/h1,3H2,2H3,(H2,7,8,9). The van der Waals surface area contributed by atoms with Crippen LogP contribution in [0, 0.1) is 0 Å². The number of halogens is 1. The molecular weight excluding hydrogens is 140 g/mol. The van der Waals surface area contributed by atoms with Gasteiger partial charge in [-0.2, -0.15) is 0 Å². The maximum absolute atomic E-state index is 10.3. The maximum Gasteiger partial charge on any atom is 0.329 e. The molecule has 0 saturated heterocycles. The van der Waals surface area contributed by atoms with Crippen LogP contribution in [0.1, 0.15) is 6.92 Å². The molecule has 0 fully saturated rings. The van der Waals surface area contributed by atoms with E-state index in [1.165, 1.54) is 0 Å². The summed E-state index contributed by atoms with van der Waals surface area (Å²) in [6.45, 7) is 5.85. The Balaban J connectivity index is 3.28. The molecule has 0 aliphatic heterocycles. The molecule has 3 nitrogen and oxygen atoms in total. The molecule has 0 aliphatic rings. The molecule has 2 N–H and O–H groups in total. The van der Waals surface area contributed by atoms with Gasteiger partial charge in [0.15, 0.2) is 0 Å². The number of carbonyl (C=O) groups excluding carboxylic acids is 1. The molecule has 0 bridgehead atoms. The molecule has 4 heteroatoms. The van der Waals surface area contributed by atoms with Crippen molar-refractivity contribution in [3.05, 3.63) is 12.2 Å². The predicted molar refractivity (Wildman–Crippen MR) is 37.2 cm³/mol. The monoisotopic (exact) mass is 148 g/mol. The highest BCUT2D eigenvalue weighted by molar-refractivity contribution is 6.21. The average molecular weight is 149 g/mol. The summed E-state index contributed by atoms with van der Waals surface area (Å²) in [5, 5.41) is 2.45. The molecular formula is C5H9ClN2O. The van der Waals surface area contributed by atoms with Gasteiger partial charge in [-0.05, 0) is 6.92 Å². The van der Waals surface area contributed by atoms with Gasteiger partial charge < -0.3 is 5.32 Å². The zero-order valence-electron chi connectivity index (χ0n) is 5.20. The van der Waals surface area contributed by atoms with Gasteiger partial charge >= 0.3 is 6.03 Å². The summed E-state index contributed by atoms with van der Waals surface area (Å²) in [5.74, 6) is 0. The number of hydrogen-bond acceptors (Lipinski definition) is 1. The van der Waals surface area contributed by atoms with Gasteiger partial charge in [0, 0.05) is 18.3 Å². The van der Waals surface area contributed by atoms with E-state index >= 15 is 0 Å². The van der Waals surface area contributed by atoms with Crippen LogP contribution in [0.3, 0.4) is 0 Å². The van der Waals surface area contributed by atoms with Gasteiger partial charge in [0.2, 0.25) is 0 Å². The van der Waals surface area contributed by atoms with Crippen molar-refractivity contribution < 1.29 is 4.79 Å². The Bertz CT molecular complexity index is 124. The average Bonchev–Trinajstić information content (AvgIpc) is 1.83. The molecule has 0 aliphatic carbocycles. The smallest absolute Gasteiger partial charge is 0.329 e. The van der Waals surface area contributed by atoms with E-state index in [9.17, 15) is 4.79 Å². The minimum absolute atomic E-state index is 0.403. The Kier molecular flexibility index (Phi) is 3.88. The summed E-state index contributed by atoms with van der Waals surface area (Å²) in [7, 11) is 0. The van der Waals surface area contributed by atoms with Crippen LogP contribution >= 0.6 is 11.8 Å². The van der Waals surface area contributed by atoms with Crippen LogP contribution in [-0.4, -0.2) is 12.6 Å². The van der Waals surface area contributed by atoms with Gasteiger partial charge in [-0.25, -0.2) is 9.63 Å². The van der Waals surface area contributed by atoms with Crippen molar-refractivity contribution in [1.29, 1.82) is 0 Å². The van der Waals surface area contributed by atoms with Gasteiger partial charge in [-0.1, -0.05) is 12.2 Å². The second kappa shape index (κ2) is 4.21. The third-order valence-electron chi connectivity index (χ3n) is 0.637. The first-order valence-electron chi connectivity index (χ1n) is 2.45. The van der Waals surface area contributed by atoms with Gasteiger partial charge in [0.1, 0.15) is 0 Å². The minimum atomic E-state index is -0.403. The zero-order valence-corrected chi connectivity index (χ0v) is 5.96. The predicted octanol–water partition coefficient (Wildman–Crippen LogP) is 1.02. The molecule has 0 spiro atoms. The largest absolute Gasteiger partial charge is 0.333 e. The third kappa shape index (κ3) is 5.17. The normalized spacial score (nSPS) is 8.22. The number of carbonyl (C=O) groups is 1. The molecule has 0 aromatic heterocycles. The highest BCUT2D eigenvalue weighted by Crippen LogP contribution is 1.80. The molecule has 2 amide bonds. The molecule has 52 valence electrons. The van der Waals surface area contributed by atoms with E-state index < -0.39 is 6.03 Å². The molecule has 0 atom stereocenters. The lowest BCUT2D eigenvalue weighted by Crippen LogP contribution is -2.30. The molecule has 0 aromatic rings. The zero-order chi connectivity index (χ0) is 7.28. The van der Waals surface area contributed by atoms with Crippen molar-refractivity contribution in [3.63, 3.8) is 0 Å². The highest BCUT2D eigenvalue weighted by atomic mass is 35.5. The number of urea groups is 1. The van der Waals surface area contributed by atoms with Crippen LogP contribution in [0.5, 0.6) is 0 Å². The van der Waals surface area contributed by atoms with E-state index in [4.69, 9.17) is 11.8 Å². The molecule has 0 radical (unpaired) electrons.